The zero-order chi connectivity index (χ0) is 8.81. The van der Waals surface area contributed by atoms with Crippen molar-refractivity contribution in [2.75, 3.05) is 0 Å². The molecule has 0 saturated heterocycles. The molecular formula is C9H12N2O. The third-order valence-corrected chi connectivity index (χ3v) is 1.55. The van der Waals surface area contributed by atoms with E-state index < -0.39 is 0 Å². The first kappa shape index (κ1) is 8.71. The number of aryl methyl sites for hydroxylation is 1. The molecule has 0 aliphatic rings. The van der Waals surface area contributed by atoms with Crippen molar-refractivity contribution in [3.05, 3.63) is 41.1 Å². The summed E-state index contributed by atoms with van der Waals surface area (Å²) >= 11 is 0. The van der Waals surface area contributed by atoms with Crippen molar-refractivity contribution in [1.82, 2.24) is 9.97 Å². The van der Waals surface area contributed by atoms with Gasteiger partial charge in [0.2, 0.25) is 0 Å². The fourth-order valence-corrected chi connectivity index (χ4v) is 0.952. The molecule has 0 aliphatic carbocycles. The minimum atomic E-state index is -0.0846. The molecule has 1 rings (SSSR count). The van der Waals surface area contributed by atoms with Crippen LogP contribution in [0.3, 0.4) is 0 Å². The number of unbranched alkanes of at least 4 members (excludes halogenated alkanes) is 1. The SMILES string of the molecule is C=CCCCc1nccc(=O)[nH]1. The fourth-order valence-electron chi connectivity index (χ4n) is 0.952. The Morgan fingerprint density at radius 1 is 1.67 bits per heavy atom. The van der Waals surface area contributed by atoms with E-state index in [4.69, 9.17) is 0 Å². The van der Waals surface area contributed by atoms with E-state index in [-0.39, 0.29) is 5.56 Å². The van der Waals surface area contributed by atoms with Gasteiger partial charge < -0.3 is 4.98 Å². The maximum absolute atomic E-state index is 10.8. The largest absolute Gasteiger partial charge is 0.311 e. The van der Waals surface area contributed by atoms with Gasteiger partial charge in [-0.25, -0.2) is 4.98 Å². The van der Waals surface area contributed by atoms with Gasteiger partial charge in [-0.3, -0.25) is 4.79 Å². The van der Waals surface area contributed by atoms with Crippen LogP contribution in [0.25, 0.3) is 0 Å². The van der Waals surface area contributed by atoms with Crippen LogP contribution in [0.4, 0.5) is 0 Å². The molecule has 1 aromatic heterocycles. The van der Waals surface area contributed by atoms with Crippen LogP contribution >= 0.6 is 0 Å². The van der Waals surface area contributed by atoms with Crippen LogP contribution in [-0.4, -0.2) is 9.97 Å². The van der Waals surface area contributed by atoms with Crippen LogP contribution in [0.2, 0.25) is 0 Å². The normalized spacial score (nSPS) is 9.67. The smallest absolute Gasteiger partial charge is 0.250 e. The Balaban J connectivity index is 2.52. The molecule has 3 nitrogen and oxygen atoms in total. The third kappa shape index (κ3) is 2.70. The number of nitrogens with zero attached hydrogens (tertiary/aromatic N) is 1. The molecule has 1 aromatic rings. The van der Waals surface area contributed by atoms with Gasteiger partial charge in [-0.15, -0.1) is 6.58 Å². The van der Waals surface area contributed by atoms with Crippen molar-refractivity contribution in [3.63, 3.8) is 0 Å². The first-order valence-electron chi connectivity index (χ1n) is 3.98. The molecule has 1 N–H and O–H groups in total. The minimum Gasteiger partial charge on any atom is -0.311 e. The number of rotatable bonds is 4. The molecule has 12 heavy (non-hydrogen) atoms. The van der Waals surface area contributed by atoms with Gasteiger partial charge in [-0.1, -0.05) is 6.08 Å². The Morgan fingerprint density at radius 3 is 3.17 bits per heavy atom. The maximum Gasteiger partial charge on any atom is 0.250 e. The molecule has 64 valence electrons. The number of aromatic nitrogens is 2. The maximum atomic E-state index is 10.8. The number of aromatic amines is 1. The molecule has 0 saturated carbocycles. The van der Waals surface area contributed by atoms with E-state index in [0.29, 0.717) is 0 Å². The van der Waals surface area contributed by atoms with Gasteiger partial charge in [-0.2, -0.15) is 0 Å². The van der Waals surface area contributed by atoms with Crippen molar-refractivity contribution < 1.29 is 0 Å². The lowest BCUT2D eigenvalue weighted by molar-refractivity contribution is 0.780. The number of H-pyrrole nitrogens is 1. The molecular weight excluding hydrogens is 152 g/mol. The number of hydrogen-bond acceptors (Lipinski definition) is 2. The van der Waals surface area contributed by atoms with Crippen LogP contribution in [0.1, 0.15) is 18.7 Å². The van der Waals surface area contributed by atoms with Crippen LogP contribution in [0.5, 0.6) is 0 Å². The summed E-state index contributed by atoms with van der Waals surface area (Å²) in [5, 5.41) is 0. The highest BCUT2D eigenvalue weighted by molar-refractivity contribution is 4.89. The summed E-state index contributed by atoms with van der Waals surface area (Å²) in [7, 11) is 0. The lowest BCUT2D eigenvalue weighted by Gasteiger charge is -1.96. The second-order valence-electron chi connectivity index (χ2n) is 2.56. The molecule has 0 aromatic carbocycles. The second kappa shape index (κ2) is 4.49. The average Bonchev–Trinajstić information content (AvgIpc) is 2.05. The topological polar surface area (TPSA) is 45.8 Å². The third-order valence-electron chi connectivity index (χ3n) is 1.55. The Morgan fingerprint density at radius 2 is 2.50 bits per heavy atom. The van der Waals surface area contributed by atoms with Gasteiger partial charge in [-0.05, 0) is 12.8 Å². The van der Waals surface area contributed by atoms with Gasteiger partial charge in [0.15, 0.2) is 0 Å². The zero-order valence-corrected chi connectivity index (χ0v) is 6.92. The highest BCUT2D eigenvalue weighted by Gasteiger charge is 1.92. The number of nitrogens with one attached hydrogen (secondary N) is 1. The lowest BCUT2D eigenvalue weighted by atomic mass is 10.2. The standard InChI is InChI=1S/C9H12N2O/c1-2-3-4-5-8-10-7-6-9(12)11-8/h2,6-7H,1,3-5H2,(H,10,11,12). The first-order valence-corrected chi connectivity index (χ1v) is 3.98. The minimum absolute atomic E-state index is 0.0846. The Bertz CT molecular complexity index is 303. The zero-order valence-electron chi connectivity index (χ0n) is 6.92. The van der Waals surface area contributed by atoms with Crippen LogP contribution in [0, 0.1) is 0 Å². The quantitative estimate of drug-likeness (QED) is 0.538. The van der Waals surface area contributed by atoms with Gasteiger partial charge in [0.25, 0.3) is 5.56 Å². The van der Waals surface area contributed by atoms with Gasteiger partial charge >= 0.3 is 0 Å². The molecule has 0 bridgehead atoms. The molecule has 0 unspecified atom stereocenters. The summed E-state index contributed by atoms with van der Waals surface area (Å²) in [5.41, 5.74) is -0.0846. The first-order chi connectivity index (χ1) is 5.83. The van der Waals surface area contributed by atoms with Gasteiger partial charge in [0.05, 0.1) is 0 Å². The molecule has 0 atom stereocenters. The van der Waals surface area contributed by atoms with Crippen molar-refractivity contribution in [3.8, 4) is 0 Å². The molecule has 3 heteroatoms. The van der Waals surface area contributed by atoms with E-state index >= 15 is 0 Å². The van der Waals surface area contributed by atoms with Crippen LogP contribution in [0.15, 0.2) is 29.7 Å². The summed E-state index contributed by atoms with van der Waals surface area (Å²) in [6.07, 6.45) is 6.14. The molecule has 0 amide bonds. The number of allylic oxidation sites excluding steroid dienone is 1. The van der Waals surface area contributed by atoms with Crippen molar-refractivity contribution in [1.29, 1.82) is 0 Å². The summed E-state index contributed by atoms with van der Waals surface area (Å²) in [4.78, 5) is 17.5. The predicted octanol–water partition coefficient (Wildman–Crippen LogP) is 1.28. The van der Waals surface area contributed by atoms with E-state index in [2.05, 4.69) is 16.5 Å². The fraction of sp³-hybridized carbons (Fsp3) is 0.333. The summed E-state index contributed by atoms with van der Waals surface area (Å²) in [6.45, 7) is 3.62. The monoisotopic (exact) mass is 164 g/mol. The molecule has 0 radical (unpaired) electrons. The van der Waals surface area contributed by atoms with E-state index in [1.165, 1.54) is 12.3 Å². The lowest BCUT2D eigenvalue weighted by Crippen LogP contribution is -2.08. The number of hydrogen-bond donors (Lipinski definition) is 1. The molecule has 0 spiro atoms. The Hall–Kier alpha value is -1.38. The van der Waals surface area contributed by atoms with Crippen LogP contribution in [-0.2, 0) is 6.42 Å². The summed E-state index contributed by atoms with van der Waals surface area (Å²) < 4.78 is 0. The van der Waals surface area contributed by atoms with Crippen molar-refractivity contribution in [2.24, 2.45) is 0 Å². The highest BCUT2D eigenvalue weighted by atomic mass is 16.1. The van der Waals surface area contributed by atoms with E-state index in [1.807, 2.05) is 6.08 Å². The molecule has 1 heterocycles. The van der Waals surface area contributed by atoms with Crippen molar-refractivity contribution >= 4 is 0 Å². The highest BCUT2D eigenvalue weighted by Crippen LogP contribution is 1.96. The second-order valence-corrected chi connectivity index (χ2v) is 2.56. The molecule has 0 aliphatic heterocycles. The van der Waals surface area contributed by atoms with E-state index in [1.54, 1.807) is 0 Å². The van der Waals surface area contributed by atoms with E-state index in [0.717, 1.165) is 25.1 Å². The summed E-state index contributed by atoms with van der Waals surface area (Å²) in [5.74, 6) is 0.754. The average molecular weight is 164 g/mol. The van der Waals surface area contributed by atoms with Gasteiger partial charge in [0, 0.05) is 18.7 Å². The molecule has 0 fully saturated rings. The Labute approximate surface area is 71.2 Å². The van der Waals surface area contributed by atoms with Gasteiger partial charge in [0.1, 0.15) is 5.82 Å². The predicted molar refractivity (Wildman–Crippen MR) is 48.0 cm³/mol. The Kier molecular flexibility index (Phi) is 3.26. The summed E-state index contributed by atoms with van der Waals surface area (Å²) in [6, 6.07) is 1.41. The van der Waals surface area contributed by atoms with E-state index in [9.17, 15) is 4.79 Å². The van der Waals surface area contributed by atoms with Crippen molar-refractivity contribution in [2.45, 2.75) is 19.3 Å². The van der Waals surface area contributed by atoms with Crippen LogP contribution < -0.4 is 5.56 Å².